The van der Waals surface area contributed by atoms with Crippen LogP contribution in [0.15, 0.2) is 18.2 Å². The van der Waals surface area contributed by atoms with Crippen LogP contribution >= 0.6 is 11.6 Å². The molecule has 26 heavy (non-hydrogen) atoms. The molecule has 0 heterocycles. The van der Waals surface area contributed by atoms with Gasteiger partial charge >= 0.3 is 11.9 Å². The highest BCUT2D eigenvalue weighted by Crippen LogP contribution is 2.37. The molecule has 0 aliphatic heterocycles. The first-order chi connectivity index (χ1) is 12.4. The summed E-state index contributed by atoms with van der Waals surface area (Å²) in [5, 5.41) is 0.521. The Morgan fingerprint density at radius 3 is 2.77 bits per heavy atom. The van der Waals surface area contributed by atoms with Gasteiger partial charge in [-0.25, -0.2) is 4.79 Å². The van der Waals surface area contributed by atoms with Gasteiger partial charge in [0.05, 0.1) is 13.0 Å². The van der Waals surface area contributed by atoms with Crippen molar-refractivity contribution in [1.82, 2.24) is 0 Å². The number of ether oxygens (including phenoxy) is 3. The first kappa shape index (κ1) is 20.7. The average molecular weight is 383 g/mol. The van der Waals surface area contributed by atoms with E-state index in [4.69, 9.17) is 25.8 Å². The largest absolute Gasteiger partial charge is 0.463 e. The molecule has 5 nitrogen and oxygen atoms in total. The molecular formula is C20H27ClO5. The van der Waals surface area contributed by atoms with Crippen molar-refractivity contribution >= 4 is 23.5 Å². The first-order valence-electron chi connectivity index (χ1n) is 9.04. The third kappa shape index (κ3) is 4.98. The molecule has 1 aliphatic rings. The highest BCUT2D eigenvalue weighted by molar-refractivity contribution is 6.31. The number of benzene rings is 1. The van der Waals surface area contributed by atoms with Crippen molar-refractivity contribution in [3.63, 3.8) is 0 Å². The number of carbonyl (C=O) groups excluding carboxylic acids is 2. The zero-order chi connectivity index (χ0) is 19.2. The number of hydrogen-bond acceptors (Lipinski definition) is 5. The lowest BCUT2D eigenvalue weighted by Crippen LogP contribution is -2.49. The van der Waals surface area contributed by atoms with Gasteiger partial charge in [0.25, 0.3) is 0 Å². The maximum atomic E-state index is 12.6. The molecule has 0 spiro atoms. The molecule has 0 radical (unpaired) electrons. The number of rotatable bonds is 7. The van der Waals surface area contributed by atoms with Gasteiger partial charge in [-0.2, -0.15) is 0 Å². The quantitative estimate of drug-likeness (QED) is 0.670. The Morgan fingerprint density at radius 1 is 1.35 bits per heavy atom. The van der Waals surface area contributed by atoms with Crippen LogP contribution in [-0.2, 0) is 30.2 Å². The molecule has 0 N–H and O–H groups in total. The molecule has 2 unspecified atom stereocenters. The number of aryl methyl sites for hydroxylation is 1. The Labute approximate surface area is 160 Å². The molecule has 1 aromatic rings. The number of methoxy groups -OCH3 is 1. The van der Waals surface area contributed by atoms with Crippen LogP contribution in [0.25, 0.3) is 0 Å². The van der Waals surface area contributed by atoms with E-state index in [9.17, 15) is 9.59 Å². The van der Waals surface area contributed by atoms with Crippen LogP contribution in [0, 0.1) is 12.8 Å². The third-order valence-corrected chi connectivity index (χ3v) is 5.20. The fraction of sp³-hybridized carbons (Fsp3) is 0.600. The number of carbonyl (C=O) groups is 2. The van der Waals surface area contributed by atoms with E-state index in [1.807, 2.05) is 19.1 Å². The van der Waals surface area contributed by atoms with Crippen molar-refractivity contribution in [2.45, 2.75) is 51.6 Å². The highest BCUT2D eigenvalue weighted by Gasteiger charge is 2.47. The summed E-state index contributed by atoms with van der Waals surface area (Å²) in [6, 6.07) is 5.47. The number of esters is 2. The predicted molar refractivity (Wildman–Crippen MR) is 99.2 cm³/mol. The summed E-state index contributed by atoms with van der Waals surface area (Å²) >= 11 is 6.21. The fourth-order valence-electron chi connectivity index (χ4n) is 3.60. The van der Waals surface area contributed by atoms with Crippen LogP contribution in [0.5, 0.6) is 0 Å². The molecule has 0 amide bonds. The molecular weight excluding hydrogens is 356 g/mol. The van der Waals surface area contributed by atoms with Crippen LogP contribution in [0.1, 0.15) is 43.7 Å². The van der Waals surface area contributed by atoms with Crippen molar-refractivity contribution in [2.24, 2.45) is 5.92 Å². The summed E-state index contributed by atoms with van der Waals surface area (Å²) < 4.78 is 16.2. The van der Waals surface area contributed by atoms with Crippen LogP contribution in [0.2, 0.25) is 5.02 Å². The van der Waals surface area contributed by atoms with E-state index in [1.165, 1.54) is 0 Å². The monoisotopic (exact) mass is 382 g/mol. The summed E-state index contributed by atoms with van der Waals surface area (Å²) in [5.74, 6) is -0.773. The minimum absolute atomic E-state index is 0.0294. The van der Waals surface area contributed by atoms with Gasteiger partial charge in [0, 0.05) is 25.2 Å². The minimum atomic E-state index is -1.23. The van der Waals surface area contributed by atoms with Gasteiger partial charge in [-0.1, -0.05) is 23.7 Å². The molecule has 144 valence electrons. The number of hydrogen-bond donors (Lipinski definition) is 0. The second-order valence-corrected chi connectivity index (χ2v) is 7.23. The Hall–Kier alpha value is -1.59. The zero-order valence-corrected chi connectivity index (χ0v) is 16.4. The minimum Gasteiger partial charge on any atom is -0.463 e. The Balaban J connectivity index is 2.18. The molecule has 0 bridgehead atoms. The summed E-state index contributed by atoms with van der Waals surface area (Å²) in [5.41, 5.74) is 0.409. The van der Waals surface area contributed by atoms with Crippen molar-refractivity contribution in [3.8, 4) is 0 Å². The van der Waals surface area contributed by atoms with Gasteiger partial charge in [-0.05, 0) is 56.2 Å². The maximum absolute atomic E-state index is 12.6. The van der Waals surface area contributed by atoms with Crippen molar-refractivity contribution in [3.05, 3.63) is 34.3 Å². The van der Waals surface area contributed by atoms with Crippen LogP contribution in [-0.4, -0.2) is 37.9 Å². The van der Waals surface area contributed by atoms with Gasteiger partial charge in [-0.3, -0.25) is 4.79 Å². The van der Waals surface area contributed by atoms with E-state index < -0.39 is 17.5 Å². The van der Waals surface area contributed by atoms with E-state index in [0.717, 1.165) is 24.0 Å². The van der Waals surface area contributed by atoms with Gasteiger partial charge in [0.2, 0.25) is 5.60 Å². The second-order valence-electron chi connectivity index (χ2n) is 6.82. The smallest absolute Gasteiger partial charge is 0.350 e. The van der Waals surface area contributed by atoms with Gasteiger partial charge in [0.1, 0.15) is 0 Å². The zero-order valence-electron chi connectivity index (χ0n) is 15.7. The molecule has 6 heteroatoms. The summed E-state index contributed by atoms with van der Waals surface area (Å²) in [6.07, 6.45) is 2.65. The van der Waals surface area contributed by atoms with Crippen molar-refractivity contribution < 1.29 is 23.8 Å². The van der Waals surface area contributed by atoms with E-state index in [-0.39, 0.29) is 18.9 Å². The van der Waals surface area contributed by atoms with E-state index in [2.05, 4.69) is 0 Å². The molecule has 0 saturated heterocycles. The van der Waals surface area contributed by atoms with Crippen LogP contribution in [0.4, 0.5) is 0 Å². The van der Waals surface area contributed by atoms with Crippen molar-refractivity contribution in [1.29, 1.82) is 0 Å². The van der Waals surface area contributed by atoms with Gasteiger partial charge in [-0.15, -0.1) is 0 Å². The normalized spacial score (nSPS) is 22.7. The van der Waals surface area contributed by atoms with E-state index >= 15 is 0 Å². The third-order valence-electron chi connectivity index (χ3n) is 4.84. The Kier molecular flexibility index (Phi) is 7.47. The summed E-state index contributed by atoms with van der Waals surface area (Å²) in [7, 11) is 1.63. The molecule has 1 saturated carbocycles. The Bertz CT molecular complexity index is 623. The predicted octanol–water partition coefficient (Wildman–Crippen LogP) is 3.87. The lowest BCUT2D eigenvalue weighted by Gasteiger charge is -2.38. The van der Waals surface area contributed by atoms with Crippen LogP contribution < -0.4 is 0 Å². The highest BCUT2D eigenvalue weighted by atomic mass is 35.5. The maximum Gasteiger partial charge on any atom is 0.350 e. The van der Waals surface area contributed by atoms with Crippen LogP contribution in [0.3, 0.4) is 0 Å². The van der Waals surface area contributed by atoms with Crippen molar-refractivity contribution in [2.75, 3.05) is 20.3 Å². The van der Waals surface area contributed by atoms with Gasteiger partial charge < -0.3 is 14.2 Å². The Morgan fingerprint density at radius 2 is 2.12 bits per heavy atom. The standard InChI is InChI=1S/C20H27ClO5/c1-4-25-19(23)20(10-6-8-15(12-20)13-24-3)26-18(22)11-16-14(2)7-5-9-17(16)21/h5,7,9,15H,4,6,8,10-13H2,1-3H3. The average Bonchev–Trinajstić information content (AvgIpc) is 2.59. The van der Waals surface area contributed by atoms with E-state index in [0.29, 0.717) is 24.5 Å². The molecule has 1 fully saturated rings. The topological polar surface area (TPSA) is 61.8 Å². The molecule has 1 aromatic carbocycles. The lowest BCUT2D eigenvalue weighted by atomic mass is 9.78. The molecule has 0 aromatic heterocycles. The lowest BCUT2D eigenvalue weighted by molar-refractivity contribution is -0.189. The van der Waals surface area contributed by atoms with Gasteiger partial charge in [0.15, 0.2) is 0 Å². The number of halogens is 1. The SMILES string of the molecule is CCOC(=O)C1(OC(=O)Cc2c(C)cccc2Cl)CCCC(COC)C1. The fourth-order valence-corrected chi connectivity index (χ4v) is 3.88. The molecule has 2 atom stereocenters. The summed E-state index contributed by atoms with van der Waals surface area (Å²) in [6.45, 7) is 4.42. The first-order valence-corrected chi connectivity index (χ1v) is 9.41. The van der Waals surface area contributed by atoms with E-state index in [1.54, 1.807) is 20.1 Å². The second kappa shape index (κ2) is 9.38. The molecule has 1 aliphatic carbocycles. The molecule has 2 rings (SSSR count). The summed E-state index contributed by atoms with van der Waals surface area (Å²) in [4.78, 5) is 25.3.